The van der Waals surface area contributed by atoms with Gasteiger partial charge in [0, 0.05) is 17.8 Å². The van der Waals surface area contributed by atoms with Gasteiger partial charge in [0.1, 0.15) is 11.5 Å². The summed E-state index contributed by atoms with van der Waals surface area (Å²) in [7, 11) is 0. The molecule has 0 amide bonds. The van der Waals surface area contributed by atoms with E-state index in [-0.39, 0.29) is 5.69 Å². The Morgan fingerprint density at radius 3 is 2.25 bits per heavy atom. The van der Waals surface area contributed by atoms with Gasteiger partial charge in [-0.2, -0.15) is 0 Å². The number of nitrogens with zero attached hydrogens (tertiary/aromatic N) is 2. The van der Waals surface area contributed by atoms with Crippen LogP contribution in [0.3, 0.4) is 0 Å². The molecule has 5 nitrogen and oxygen atoms in total. The fourth-order valence-electron chi connectivity index (χ4n) is 1.68. The van der Waals surface area contributed by atoms with Gasteiger partial charge >= 0.3 is 0 Å². The average molecular weight is 240 g/mol. The highest BCUT2D eigenvalue weighted by atomic mass is 32.2. The highest BCUT2D eigenvalue weighted by molar-refractivity contribution is 7.91. The molecule has 1 heterocycles. The lowest BCUT2D eigenvalue weighted by atomic mass is 10.2. The third-order valence-electron chi connectivity index (χ3n) is 2.60. The first kappa shape index (κ1) is 11.2. The van der Waals surface area contributed by atoms with Gasteiger partial charge in [-0.1, -0.05) is 11.2 Å². The number of benzene rings is 1. The summed E-state index contributed by atoms with van der Waals surface area (Å²) < 4.78 is 11.2. The molecule has 6 heteroatoms. The van der Waals surface area contributed by atoms with Gasteiger partial charge < -0.3 is 9.45 Å². The molecule has 0 atom stereocenters. The van der Waals surface area contributed by atoms with E-state index in [9.17, 15) is 14.7 Å². The highest BCUT2D eigenvalue weighted by Crippen LogP contribution is 2.20. The number of rotatable bonds is 2. The van der Waals surface area contributed by atoms with Gasteiger partial charge in [0.15, 0.2) is 0 Å². The summed E-state index contributed by atoms with van der Waals surface area (Å²) in [6, 6.07) is 6.49. The molecule has 0 unspecified atom stereocenters. The topological polar surface area (TPSA) is 69.4 Å². The second-order valence-electron chi connectivity index (χ2n) is 3.61. The lowest BCUT2D eigenvalue weighted by Gasteiger charge is -2.29. The van der Waals surface area contributed by atoms with Crippen molar-refractivity contribution >= 4 is 22.6 Å². The van der Waals surface area contributed by atoms with Gasteiger partial charge in [-0.3, -0.25) is 10.1 Å². The van der Waals surface area contributed by atoms with E-state index in [4.69, 9.17) is 0 Å². The average Bonchev–Trinajstić information content (AvgIpc) is 2.30. The van der Waals surface area contributed by atoms with Crippen LogP contribution in [0.15, 0.2) is 24.3 Å². The van der Waals surface area contributed by atoms with Crippen molar-refractivity contribution in [2.24, 2.45) is 0 Å². The van der Waals surface area contributed by atoms with Crippen LogP contribution in [0, 0.1) is 10.1 Å². The summed E-state index contributed by atoms with van der Waals surface area (Å²) in [5.74, 6) is 1.36. The molecule has 0 bridgehead atoms. The van der Waals surface area contributed by atoms with Gasteiger partial charge in [0.25, 0.3) is 5.69 Å². The number of nitro groups is 1. The maximum atomic E-state index is 11.2. The van der Waals surface area contributed by atoms with Crippen LogP contribution in [-0.2, 0) is 11.2 Å². The van der Waals surface area contributed by atoms with E-state index in [2.05, 4.69) is 4.90 Å². The number of nitro benzene ring substituents is 1. The lowest BCUT2D eigenvalue weighted by molar-refractivity contribution is -0.384. The zero-order valence-corrected chi connectivity index (χ0v) is 9.48. The minimum Gasteiger partial charge on any atom is -0.616 e. The van der Waals surface area contributed by atoms with E-state index < -0.39 is 16.1 Å². The number of hydrogen-bond donors (Lipinski definition) is 0. The molecule has 0 N–H and O–H groups in total. The summed E-state index contributed by atoms with van der Waals surface area (Å²) in [4.78, 5) is 12.2. The third-order valence-corrected chi connectivity index (χ3v) is 3.88. The molecule has 1 aliphatic heterocycles. The normalized spacial score (nSPS) is 17.4. The van der Waals surface area contributed by atoms with E-state index in [1.165, 1.54) is 12.1 Å². The Morgan fingerprint density at radius 1 is 1.19 bits per heavy atom. The molecule has 1 aliphatic rings. The third kappa shape index (κ3) is 2.45. The minimum absolute atomic E-state index is 0.101. The van der Waals surface area contributed by atoms with Crippen LogP contribution >= 0.6 is 0 Å². The van der Waals surface area contributed by atoms with E-state index in [0.29, 0.717) is 11.5 Å². The Morgan fingerprint density at radius 2 is 1.75 bits per heavy atom. The van der Waals surface area contributed by atoms with Crippen LogP contribution in [0.5, 0.6) is 0 Å². The van der Waals surface area contributed by atoms with Gasteiger partial charge in [0.05, 0.1) is 18.0 Å². The van der Waals surface area contributed by atoms with Crippen LogP contribution in [0.1, 0.15) is 0 Å². The molecule has 1 fully saturated rings. The van der Waals surface area contributed by atoms with E-state index in [1.54, 1.807) is 12.1 Å². The molecule has 0 spiro atoms. The summed E-state index contributed by atoms with van der Waals surface area (Å²) in [5, 5.41) is 10.5. The molecule has 16 heavy (non-hydrogen) atoms. The zero-order chi connectivity index (χ0) is 11.5. The summed E-state index contributed by atoms with van der Waals surface area (Å²) in [6.45, 7) is 1.51. The van der Waals surface area contributed by atoms with Crippen LogP contribution in [0.25, 0.3) is 0 Å². The minimum atomic E-state index is -0.696. The largest absolute Gasteiger partial charge is 0.616 e. The van der Waals surface area contributed by atoms with Crippen molar-refractivity contribution in [1.29, 1.82) is 0 Å². The number of anilines is 1. The molecule has 1 saturated heterocycles. The quantitative estimate of drug-likeness (QED) is 0.442. The first-order valence-corrected chi connectivity index (χ1v) is 6.50. The van der Waals surface area contributed by atoms with Gasteiger partial charge in [0.2, 0.25) is 0 Å². The van der Waals surface area contributed by atoms with Crippen molar-refractivity contribution in [1.82, 2.24) is 0 Å². The van der Waals surface area contributed by atoms with Crippen molar-refractivity contribution in [3.8, 4) is 0 Å². The van der Waals surface area contributed by atoms with E-state index >= 15 is 0 Å². The molecule has 1 aromatic rings. The van der Waals surface area contributed by atoms with Gasteiger partial charge in [-0.25, -0.2) is 0 Å². The van der Waals surface area contributed by atoms with Crippen LogP contribution < -0.4 is 4.90 Å². The fourth-order valence-corrected chi connectivity index (χ4v) is 2.73. The molecule has 1 aromatic carbocycles. The van der Waals surface area contributed by atoms with E-state index in [0.717, 1.165) is 18.8 Å². The molecular weight excluding hydrogens is 228 g/mol. The lowest BCUT2D eigenvalue weighted by Crippen LogP contribution is -2.40. The first-order chi connectivity index (χ1) is 7.66. The SMILES string of the molecule is O=[N+]([O-])c1ccc(N2CC[S+]([O-])CC2)cc1. The molecule has 0 radical (unpaired) electrons. The molecule has 0 aliphatic carbocycles. The summed E-state index contributed by atoms with van der Waals surface area (Å²) in [5.41, 5.74) is 1.06. The van der Waals surface area contributed by atoms with Crippen molar-refractivity contribution in [3.63, 3.8) is 0 Å². The summed E-state index contributed by atoms with van der Waals surface area (Å²) in [6.07, 6.45) is 0. The van der Waals surface area contributed by atoms with Crippen molar-refractivity contribution < 1.29 is 9.48 Å². The first-order valence-electron chi connectivity index (χ1n) is 5.01. The fraction of sp³-hybridized carbons (Fsp3) is 0.400. The van der Waals surface area contributed by atoms with Gasteiger partial charge in [-0.05, 0) is 12.1 Å². The van der Waals surface area contributed by atoms with Gasteiger partial charge in [-0.15, -0.1) is 0 Å². The Bertz CT molecular complexity index is 374. The predicted molar refractivity (Wildman–Crippen MR) is 63.2 cm³/mol. The monoisotopic (exact) mass is 240 g/mol. The molecule has 0 saturated carbocycles. The van der Waals surface area contributed by atoms with Crippen LogP contribution in [0.2, 0.25) is 0 Å². The summed E-state index contributed by atoms with van der Waals surface area (Å²) >= 11 is -0.696. The standard InChI is InChI=1S/C10H12N2O3S/c13-12(14)10-3-1-9(2-4-10)11-5-7-16(15)8-6-11/h1-4H,5-8H2. The molecule has 86 valence electrons. The number of hydrogen-bond acceptors (Lipinski definition) is 4. The Hall–Kier alpha value is -1.27. The highest BCUT2D eigenvalue weighted by Gasteiger charge is 2.19. The molecule has 0 aromatic heterocycles. The Labute approximate surface area is 96.4 Å². The number of non-ortho nitro benzene ring substituents is 1. The Balaban J connectivity index is 2.07. The second kappa shape index (κ2) is 4.71. The maximum absolute atomic E-state index is 11.2. The zero-order valence-electron chi connectivity index (χ0n) is 8.67. The van der Waals surface area contributed by atoms with Crippen LogP contribution in [0.4, 0.5) is 11.4 Å². The van der Waals surface area contributed by atoms with E-state index in [1.807, 2.05) is 0 Å². The second-order valence-corrected chi connectivity index (χ2v) is 5.30. The predicted octanol–water partition coefficient (Wildman–Crippen LogP) is 1.16. The molecular formula is C10H12N2O3S. The smallest absolute Gasteiger partial charge is 0.269 e. The van der Waals surface area contributed by atoms with Crippen molar-refractivity contribution in [2.75, 3.05) is 29.5 Å². The molecule has 2 rings (SSSR count). The van der Waals surface area contributed by atoms with Crippen molar-refractivity contribution in [3.05, 3.63) is 34.4 Å². The van der Waals surface area contributed by atoms with Crippen molar-refractivity contribution in [2.45, 2.75) is 0 Å². The maximum Gasteiger partial charge on any atom is 0.269 e. The Kier molecular flexibility index (Phi) is 3.31. The van der Waals surface area contributed by atoms with Crippen LogP contribution in [-0.4, -0.2) is 34.1 Å².